The first-order valence-corrected chi connectivity index (χ1v) is 16.4. The molecule has 46 heavy (non-hydrogen) atoms. The van der Waals surface area contributed by atoms with Crippen molar-refractivity contribution < 1.29 is 19.0 Å². The summed E-state index contributed by atoms with van der Waals surface area (Å²) in [6, 6.07) is 8.78. The third kappa shape index (κ3) is 5.81. The van der Waals surface area contributed by atoms with Crippen LogP contribution in [-0.4, -0.2) is 101 Å². The highest BCUT2D eigenvalue weighted by molar-refractivity contribution is 6.02. The Morgan fingerprint density at radius 1 is 1.02 bits per heavy atom. The van der Waals surface area contributed by atoms with Crippen LogP contribution in [0.2, 0.25) is 0 Å². The maximum atomic E-state index is 12.6. The molecule has 0 aliphatic carbocycles. The summed E-state index contributed by atoms with van der Waals surface area (Å²) in [6.45, 7) is 13.0. The molecule has 1 amide bonds. The van der Waals surface area contributed by atoms with E-state index in [1.807, 2.05) is 31.9 Å². The fraction of sp³-hybridized carbons (Fsp3) is 0.543. The molecule has 1 spiro atoms. The van der Waals surface area contributed by atoms with Gasteiger partial charge in [-0.05, 0) is 89.8 Å². The Balaban J connectivity index is 1.22. The molecule has 1 N–H and O–H groups in total. The minimum atomic E-state index is -0.491. The number of nitrogens with zero attached hydrogens (tertiary/aromatic N) is 6. The van der Waals surface area contributed by atoms with E-state index in [2.05, 4.69) is 58.2 Å². The second kappa shape index (κ2) is 11.6. The van der Waals surface area contributed by atoms with Gasteiger partial charge in [-0.2, -0.15) is 15.1 Å². The van der Waals surface area contributed by atoms with Crippen molar-refractivity contribution in [2.75, 3.05) is 58.3 Å². The number of fused-ring (bicyclic) bond motifs is 2. The zero-order valence-corrected chi connectivity index (χ0v) is 27.9. The predicted octanol–water partition coefficient (Wildman–Crippen LogP) is 5.80. The van der Waals surface area contributed by atoms with Gasteiger partial charge in [-0.1, -0.05) is 6.07 Å². The van der Waals surface area contributed by atoms with E-state index in [9.17, 15) is 4.79 Å². The lowest BCUT2D eigenvalue weighted by Crippen LogP contribution is -2.62. The van der Waals surface area contributed by atoms with Crippen molar-refractivity contribution in [3.05, 3.63) is 36.0 Å². The highest BCUT2D eigenvalue weighted by Gasteiger charge is 2.48. The van der Waals surface area contributed by atoms with Crippen molar-refractivity contribution in [1.82, 2.24) is 30.0 Å². The Kier molecular flexibility index (Phi) is 7.70. The molecule has 0 atom stereocenters. The number of hydrogen-bond donors (Lipinski definition) is 1. The number of ether oxygens (including phenoxy) is 3. The van der Waals surface area contributed by atoms with E-state index < -0.39 is 5.60 Å². The summed E-state index contributed by atoms with van der Waals surface area (Å²) in [4.78, 5) is 29.2. The molecule has 0 saturated carbocycles. The average molecular weight is 628 g/mol. The van der Waals surface area contributed by atoms with Crippen molar-refractivity contribution in [2.45, 2.75) is 65.1 Å². The second-order valence-corrected chi connectivity index (χ2v) is 14.4. The first-order chi connectivity index (χ1) is 22.0. The molecule has 244 valence electrons. The van der Waals surface area contributed by atoms with E-state index in [4.69, 9.17) is 24.2 Å². The number of hydrogen-bond acceptors (Lipinski definition) is 9. The first kappa shape index (κ1) is 30.5. The molecule has 5 heterocycles. The number of methoxy groups -OCH3 is 1. The van der Waals surface area contributed by atoms with Crippen LogP contribution in [0, 0.1) is 12.3 Å². The molecule has 0 bridgehead atoms. The SMILES string of the molecule is COc1cc2c(N3CCC4(CC3)CN(C(=O)OC(C)(C)C)C4)nc(OC3CCN(C)CC3)nc2cc1-c1c(C)ccc2[nH]ncc12. The summed E-state index contributed by atoms with van der Waals surface area (Å²) in [5.41, 5.74) is 4.59. The van der Waals surface area contributed by atoms with Crippen molar-refractivity contribution in [2.24, 2.45) is 5.41 Å². The second-order valence-electron chi connectivity index (χ2n) is 14.4. The summed E-state index contributed by atoms with van der Waals surface area (Å²) in [5, 5.41) is 9.39. The average Bonchev–Trinajstić information content (AvgIpc) is 3.48. The Hall–Kier alpha value is -4.12. The van der Waals surface area contributed by atoms with Crippen molar-refractivity contribution in [1.29, 1.82) is 0 Å². The summed E-state index contributed by atoms with van der Waals surface area (Å²) >= 11 is 0. The third-order valence-electron chi connectivity index (χ3n) is 9.84. The monoisotopic (exact) mass is 627 g/mol. The fourth-order valence-corrected chi connectivity index (χ4v) is 7.24. The van der Waals surface area contributed by atoms with Crippen LogP contribution in [-0.2, 0) is 4.74 Å². The first-order valence-electron chi connectivity index (χ1n) is 16.4. The number of piperidine rings is 2. The highest BCUT2D eigenvalue weighted by atomic mass is 16.6. The number of nitrogens with one attached hydrogen (secondary N) is 1. The van der Waals surface area contributed by atoms with Crippen LogP contribution >= 0.6 is 0 Å². The van der Waals surface area contributed by atoms with Gasteiger partial charge in [-0.3, -0.25) is 5.10 Å². The Bertz CT molecular complexity index is 1760. The van der Waals surface area contributed by atoms with Gasteiger partial charge >= 0.3 is 12.1 Å². The van der Waals surface area contributed by atoms with E-state index in [-0.39, 0.29) is 17.6 Å². The van der Waals surface area contributed by atoms with Gasteiger partial charge in [-0.25, -0.2) is 4.79 Å². The Morgan fingerprint density at radius 2 is 1.76 bits per heavy atom. The Morgan fingerprint density at radius 3 is 2.46 bits per heavy atom. The van der Waals surface area contributed by atoms with Gasteiger partial charge in [0.1, 0.15) is 23.3 Å². The number of aromatic nitrogens is 4. The molecule has 3 aliphatic heterocycles. The minimum absolute atomic E-state index is 0.0829. The highest BCUT2D eigenvalue weighted by Crippen LogP contribution is 2.45. The maximum absolute atomic E-state index is 12.6. The number of likely N-dealkylation sites (tertiary alicyclic amines) is 2. The van der Waals surface area contributed by atoms with Gasteiger partial charge in [0.15, 0.2) is 0 Å². The fourth-order valence-electron chi connectivity index (χ4n) is 7.24. The molecule has 3 aliphatic rings. The largest absolute Gasteiger partial charge is 0.496 e. The van der Waals surface area contributed by atoms with E-state index in [0.29, 0.717) is 6.01 Å². The van der Waals surface area contributed by atoms with Crippen LogP contribution in [0.3, 0.4) is 0 Å². The number of aromatic amines is 1. The summed E-state index contributed by atoms with van der Waals surface area (Å²) < 4.78 is 18.1. The zero-order valence-electron chi connectivity index (χ0n) is 27.9. The number of benzene rings is 2. The lowest BCUT2D eigenvalue weighted by molar-refractivity contribution is -0.0434. The summed E-state index contributed by atoms with van der Waals surface area (Å²) in [7, 11) is 3.86. The molecule has 11 heteroatoms. The lowest BCUT2D eigenvalue weighted by Gasteiger charge is -2.53. The number of amides is 1. The molecule has 3 saturated heterocycles. The minimum Gasteiger partial charge on any atom is -0.496 e. The lowest BCUT2D eigenvalue weighted by atomic mass is 9.72. The van der Waals surface area contributed by atoms with Gasteiger partial charge in [0.25, 0.3) is 0 Å². The quantitative estimate of drug-likeness (QED) is 0.294. The molecular weight excluding hydrogens is 582 g/mol. The van der Waals surface area contributed by atoms with Crippen LogP contribution in [0.15, 0.2) is 30.5 Å². The molecule has 2 aromatic heterocycles. The molecule has 0 radical (unpaired) electrons. The van der Waals surface area contributed by atoms with Crippen molar-refractivity contribution >= 4 is 33.7 Å². The summed E-state index contributed by atoms with van der Waals surface area (Å²) in [5.74, 6) is 1.63. The molecule has 0 unspecified atom stereocenters. The maximum Gasteiger partial charge on any atom is 0.410 e. The van der Waals surface area contributed by atoms with E-state index in [1.165, 1.54) is 0 Å². The number of anilines is 1. The number of aryl methyl sites for hydroxylation is 1. The van der Waals surface area contributed by atoms with Gasteiger partial charge in [0, 0.05) is 61.0 Å². The van der Waals surface area contributed by atoms with Crippen LogP contribution in [0.4, 0.5) is 10.6 Å². The van der Waals surface area contributed by atoms with Crippen LogP contribution in [0.5, 0.6) is 11.8 Å². The smallest absolute Gasteiger partial charge is 0.410 e. The van der Waals surface area contributed by atoms with Gasteiger partial charge < -0.3 is 28.9 Å². The molecule has 7 rings (SSSR count). The number of rotatable bonds is 5. The van der Waals surface area contributed by atoms with Gasteiger partial charge in [0.2, 0.25) is 0 Å². The van der Waals surface area contributed by atoms with Crippen molar-refractivity contribution in [3.8, 4) is 22.9 Å². The van der Waals surface area contributed by atoms with Crippen LogP contribution in [0.1, 0.15) is 52.0 Å². The predicted molar refractivity (Wildman–Crippen MR) is 179 cm³/mol. The number of carbonyl (C=O) groups excluding carboxylic acids is 1. The molecule has 2 aromatic carbocycles. The zero-order chi connectivity index (χ0) is 32.2. The molecular formula is C35H45N7O4. The molecule has 11 nitrogen and oxygen atoms in total. The topological polar surface area (TPSA) is 109 Å². The van der Waals surface area contributed by atoms with Gasteiger partial charge in [0.05, 0.1) is 24.3 Å². The Labute approximate surface area is 270 Å². The summed E-state index contributed by atoms with van der Waals surface area (Å²) in [6.07, 6.45) is 5.57. The normalized spacial score (nSPS) is 19.1. The van der Waals surface area contributed by atoms with Crippen molar-refractivity contribution in [3.63, 3.8) is 0 Å². The van der Waals surface area contributed by atoms with Crippen LogP contribution < -0.4 is 14.4 Å². The molecule has 3 fully saturated rings. The van der Waals surface area contributed by atoms with Gasteiger partial charge in [-0.15, -0.1) is 0 Å². The molecule has 4 aromatic rings. The van der Waals surface area contributed by atoms with E-state index in [1.54, 1.807) is 7.11 Å². The third-order valence-corrected chi connectivity index (χ3v) is 9.84. The number of carbonyl (C=O) groups is 1. The van der Waals surface area contributed by atoms with E-state index in [0.717, 1.165) is 115 Å². The number of H-pyrrole nitrogens is 1. The standard InChI is InChI=1S/C35H45N7O4/c1-22-7-8-27-26(19-36-39-27)30(22)25-17-28-24(18-29(25)44-6)31(38-32(37-28)45-23-9-13-40(5)14-10-23)41-15-11-35(12-16-41)20-42(21-35)33(43)46-34(2,3)4/h7-8,17-19,23H,9-16,20-21H2,1-6H3,(H,36,39). The van der Waals surface area contributed by atoms with E-state index >= 15 is 0 Å². The van der Waals surface area contributed by atoms with Crippen LogP contribution in [0.25, 0.3) is 32.9 Å².